The molecule has 21 heavy (non-hydrogen) atoms. The van der Waals surface area contributed by atoms with Gasteiger partial charge in [0.2, 0.25) is 5.28 Å². The first kappa shape index (κ1) is 15.1. The van der Waals surface area contributed by atoms with Crippen LogP contribution in [0.2, 0.25) is 5.28 Å². The zero-order chi connectivity index (χ0) is 15.6. The lowest BCUT2D eigenvalue weighted by Crippen LogP contribution is -1.98. The van der Waals surface area contributed by atoms with Gasteiger partial charge in [-0.15, -0.1) is 0 Å². The van der Waals surface area contributed by atoms with E-state index < -0.39 is 21.4 Å². The van der Waals surface area contributed by atoms with Crippen LogP contribution in [0, 0.1) is 20.2 Å². The fourth-order valence-electron chi connectivity index (χ4n) is 1.36. The fourth-order valence-corrected chi connectivity index (χ4v) is 1.95. The Bertz CT molecular complexity index is 741. The van der Waals surface area contributed by atoms with Crippen molar-refractivity contribution < 1.29 is 14.6 Å². The van der Waals surface area contributed by atoms with Crippen LogP contribution in [0.3, 0.4) is 0 Å². The molecular weight excluding hydrogens is 371 g/mol. The SMILES string of the molecule is O=[N+]([O-])c1cc(Br)cc(Oc2nc(Cl)ncc2[N+](=O)[O-])c1. The number of nitrogens with zero attached hydrogens (tertiary/aromatic N) is 4. The maximum atomic E-state index is 10.9. The summed E-state index contributed by atoms with van der Waals surface area (Å²) in [5, 5.41) is 21.4. The van der Waals surface area contributed by atoms with E-state index in [0.717, 1.165) is 12.3 Å². The lowest BCUT2D eigenvalue weighted by atomic mass is 10.3. The number of rotatable bonds is 4. The standard InChI is InChI=1S/C10H4BrClN4O5/c11-5-1-6(15(17)18)3-7(2-5)21-9-8(16(19)20)4-13-10(12)14-9/h1-4H. The average molecular weight is 376 g/mol. The van der Waals surface area contributed by atoms with Crippen molar-refractivity contribution in [2.45, 2.75) is 0 Å². The predicted molar refractivity (Wildman–Crippen MR) is 74.6 cm³/mol. The second-order valence-electron chi connectivity index (χ2n) is 3.59. The van der Waals surface area contributed by atoms with Gasteiger partial charge in [0, 0.05) is 10.5 Å². The number of aromatic nitrogens is 2. The predicted octanol–water partition coefficient (Wildman–Crippen LogP) is 3.50. The van der Waals surface area contributed by atoms with Crippen LogP contribution in [-0.4, -0.2) is 19.8 Å². The van der Waals surface area contributed by atoms with E-state index in [0.29, 0.717) is 4.47 Å². The highest BCUT2D eigenvalue weighted by molar-refractivity contribution is 9.10. The summed E-state index contributed by atoms with van der Waals surface area (Å²) in [6, 6.07) is 3.76. The van der Waals surface area contributed by atoms with Crippen LogP contribution in [0.5, 0.6) is 11.6 Å². The van der Waals surface area contributed by atoms with E-state index in [1.54, 1.807) is 0 Å². The highest BCUT2D eigenvalue weighted by Gasteiger charge is 2.20. The van der Waals surface area contributed by atoms with E-state index in [1.165, 1.54) is 12.1 Å². The molecule has 0 saturated heterocycles. The van der Waals surface area contributed by atoms with Crippen molar-refractivity contribution in [1.29, 1.82) is 0 Å². The second-order valence-corrected chi connectivity index (χ2v) is 4.84. The van der Waals surface area contributed by atoms with Crippen molar-refractivity contribution >= 4 is 38.9 Å². The monoisotopic (exact) mass is 374 g/mol. The van der Waals surface area contributed by atoms with Crippen LogP contribution in [0.15, 0.2) is 28.9 Å². The van der Waals surface area contributed by atoms with Crippen LogP contribution >= 0.6 is 27.5 Å². The maximum Gasteiger partial charge on any atom is 0.349 e. The van der Waals surface area contributed by atoms with Crippen molar-refractivity contribution in [3.63, 3.8) is 0 Å². The molecule has 0 fully saturated rings. The smallest absolute Gasteiger partial charge is 0.349 e. The zero-order valence-electron chi connectivity index (χ0n) is 9.90. The molecule has 2 rings (SSSR count). The van der Waals surface area contributed by atoms with Gasteiger partial charge in [0.05, 0.1) is 15.9 Å². The number of nitro benzene ring substituents is 1. The Morgan fingerprint density at radius 2 is 1.90 bits per heavy atom. The van der Waals surface area contributed by atoms with Crippen molar-refractivity contribution in [3.8, 4) is 11.6 Å². The Morgan fingerprint density at radius 3 is 2.52 bits per heavy atom. The molecule has 0 radical (unpaired) electrons. The van der Waals surface area contributed by atoms with Gasteiger partial charge in [-0.1, -0.05) is 15.9 Å². The van der Waals surface area contributed by atoms with Gasteiger partial charge in [0.1, 0.15) is 11.9 Å². The number of nitro groups is 2. The first-order valence-corrected chi connectivity index (χ1v) is 6.33. The Balaban J connectivity index is 2.45. The zero-order valence-corrected chi connectivity index (χ0v) is 12.2. The minimum Gasteiger partial charge on any atom is -0.433 e. The summed E-state index contributed by atoms with van der Waals surface area (Å²) in [6.07, 6.45) is 0.886. The highest BCUT2D eigenvalue weighted by atomic mass is 79.9. The molecule has 0 bridgehead atoms. The molecule has 1 heterocycles. The van der Waals surface area contributed by atoms with Crippen LogP contribution in [0.1, 0.15) is 0 Å². The molecule has 1 aromatic carbocycles. The van der Waals surface area contributed by atoms with Crippen LogP contribution < -0.4 is 4.74 Å². The number of ether oxygens (including phenoxy) is 1. The molecule has 0 N–H and O–H groups in total. The summed E-state index contributed by atoms with van der Waals surface area (Å²) < 4.78 is 5.58. The van der Waals surface area contributed by atoms with Crippen LogP contribution in [-0.2, 0) is 0 Å². The van der Waals surface area contributed by atoms with Gasteiger partial charge in [0.15, 0.2) is 0 Å². The molecule has 11 heteroatoms. The third-order valence-electron chi connectivity index (χ3n) is 2.18. The first-order chi connectivity index (χ1) is 9.86. The molecule has 0 aliphatic carbocycles. The highest BCUT2D eigenvalue weighted by Crippen LogP contribution is 2.33. The van der Waals surface area contributed by atoms with E-state index in [2.05, 4.69) is 25.9 Å². The van der Waals surface area contributed by atoms with Gasteiger partial charge in [-0.05, 0) is 17.7 Å². The van der Waals surface area contributed by atoms with Crippen LogP contribution in [0.25, 0.3) is 0 Å². The largest absolute Gasteiger partial charge is 0.433 e. The summed E-state index contributed by atoms with van der Waals surface area (Å²) in [5.41, 5.74) is -0.760. The summed E-state index contributed by atoms with van der Waals surface area (Å²) in [5.74, 6) is -0.415. The van der Waals surface area contributed by atoms with E-state index in [4.69, 9.17) is 16.3 Å². The van der Waals surface area contributed by atoms with Gasteiger partial charge in [-0.2, -0.15) is 4.98 Å². The molecule has 0 atom stereocenters. The number of halogens is 2. The molecule has 0 unspecified atom stereocenters. The molecule has 9 nitrogen and oxygen atoms in total. The normalized spacial score (nSPS) is 10.2. The molecular formula is C10H4BrClN4O5. The van der Waals surface area contributed by atoms with Gasteiger partial charge in [-0.3, -0.25) is 20.2 Å². The average Bonchev–Trinajstić information content (AvgIpc) is 2.37. The topological polar surface area (TPSA) is 121 Å². The fraction of sp³-hybridized carbons (Fsp3) is 0. The molecule has 0 amide bonds. The molecule has 0 saturated carbocycles. The summed E-state index contributed by atoms with van der Waals surface area (Å²) in [6.45, 7) is 0. The summed E-state index contributed by atoms with van der Waals surface area (Å²) >= 11 is 8.64. The number of hydrogen-bond acceptors (Lipinski definition) is 7. The lowest BCUT2D eigenvalue weighted by Gasteiger charge is -2.05. The first-order valence-electron chi connectivity index (χ1n) is 5.16. The van der Waals surface area contributed by atoms with E-state index in [1.807, 2.05) is 0 Å². The molecule has 0 spiro atoms. The van der Waals surface area contributed by atoms with Crippen molar-refractivity contribution in [1.82, 2.24) is 9.97 Å². The van der Waals surface area contributed by atoms with Gasteiger partial charge >= 0.3 is 11.6 Å². The minimum atomic E-state index is -0.752. The van der Waals surface area contributed by atoms with Crippen molar-refractivity contribution in [3.05, 3.63) is 54.4 Å². The summed E-state index contributed by atoms with van der Waals surface area (Å²) in [7, 11) is 0. The number of hydrogen-bond donors (Lipinski definition) is 0. The lowest BCUT2D eigenvalue weighted by molar-refractivity contribution is -0.386. The quantitative estimate of drug-likeness (QED) is 0.455. The van der Waals surface area contributed by atoms with Crippen molar-refractivity contribution in [2.75, 3.05) is 0 Å². The Kier molecular flexibility index (Phi) is 4.29. The molecule has 0 aliphatic heterocycles. The summed E-state index contributed by atoms with van der Waals surface area (Å²) in [4.78, 5) is 27.3. The van der Waals surface area contributed by atoms with Gasteiger partial charge in [0.25, 0.3) is 5.69 Å². The molecule has 108 valence electrons. The second kappa shape index (κ2) is 5.97. The van der Waals surface area contributed by atoms with E-state index in [9.17, 15) is 20.2 Å². The van der Waals surface area contributed by atoms with Gasteiger partial charge in [-0.25, -0.2) is 4.98 Å². The van der Waals surface area contributed by atoms with E-state index in [-0.39, 0.29) is 16.7 Å². The molecule has 1 aromatic heterocycles. The Labute approximate surface area is 130 Å². The van der Waals surface area contributed by atoms with Crippen molar-refractivity contribution in [2.24, 2.45) is 0 Å². The van der Waals surface area contributed by atoms with Crippen LogP contribution in [0.4, 0.5) is 11.4 Å². The third kappa shape index (κ3) is 3.61. The molecule has 2 aromatic rings. The van der Waals surface area contributed by atoms with Gasteiger partial charge < -0.3 is 4.74 Å². The number of non-ortho nitro benzene ring substituents is 1. The minimum absolute atomic E-state index is 0.00561. The maximum absolute atomic E-state index is 10.9. The Morgan fingerprint density at radius 1 is 1.19 bits per heavy atom. The Hall–Kier alpha value is -2.33. The van der Waals surface area contributed by atoms with E-state index >= 15 is 0 Å². The number of benzene rings is 1. The molecule has 0 aliphatic rings. The third-order valence-corrected chi connectivity index (χ3v) is 2.82.